The second-order valence-electron chi connectivity index (χ2n) is 5.99. The molecule has 1 heterocycles. The second kappa shape index (κ2) is 8.50. The number of nitrogens with zero attached hydrogens (tertiary/aromatic N) is 1. The van der Waals surface area contributed by atoms with Gasteiger partial charge in [0.1, 0.15) is 11.0 Å². The molecule has 2 atom stereocenters. The van der Waals surface area contributed by atoms with E-state index in [1.54, 1.807) is 24.3 Å². The minimum Gasteiger partial charge on any atom is -0.497 e. The van der Waals surface area contributed by atoms with Crippen LogP contribution in [-0.2, 0) is 4.79 Å². The first-order valence-corrected chi connectivity index (χ1v) is 9.28. The highest BCUT2D eigenvalue weighted by Gasteiger charge is 2.41. The number of imide groups is 1. The summed E-state index contributed by atoms with van der Waals surface area (Å²) in [5.41, 5.74) is 7.57. The van der Waals surface area contributed by atoms with Crippen LogP contribution < -0.4 is 21.1 Å². The third-order valence-corrected chi connectivity index (χ3v) is 5.45. The summed E-state index contributed by atoms with van der Waals surface area (Å²) in [5.74, 6) is -0.455. The molecule has 2 aromatic carbocycles. The van der Waals surface area contributed by atoms with Crippen molar-refractivity contribution in [2.45, 2.75) is 11.2 Å². The molecule has 8 heteroatoms. The molecule has 0 bridgehead atoms. The van der Waals surface area contributed by atoms with Gasteiger partial charge in [-0.3, -0.25) is 10.1 Å². The van der Waals surface area contributed by atoms with Gasteiger partial charge in [-0.25, -0.2) is 4.79 Å². The minimum absolute atomic E-state index is 0.296. The molecule has 2 aromatic rings. The van der Waals surface area contributed by atoms with E-state index in [4.69, 9.17) is 10.5 Å². The predicted molar refractivity (Wildman–Crippen MR) is 108 cm³/mol. The molecule has 0 aromatic heterocycles. The van der Waals surface area contributed by atoms with Crippen LogP contribution in [0.25, 0.3) is 0 Å². The lowest BCUT2D eigenvalue weighted by Gasteiger charge is -2.19. The van der Waals surface area contributed by atoms with Crippen molar-refractivity contribution in [2.24, 2.45) is 5.73 Å². The van der Waals surface area contributed by atoms with Gasteiger partial charge < -0.3 is 15.8 Å². The quantitative estimate of drug-likeness (QED) is 0.734. The summed E-state index contributed by atoms with van der Waals surface area (Å²) < 4.78 is 5.11. The molecular weight excluding hydrogens is 376 g/mol. The summed E-state index contributed by atoms with van der Waals surface area (Å²) in [6.07, 6.45) is 0. The van der Waals surface area contributed by atoms with Crippen molar-refractivity contribution in [3.63, 3.8) is 0 Å². The zero-order valence-electron chi connectivity index (χ0n) is 15.0. The van der Waals surface area contributed by atoms with E-state index in [9.17, 15) is 14.9 Å². The van der Waals surface area contributed by atoms with Gasteiger partial charge in [0, 0.05) is 17.7 Å². The molecular formula is C20H18N4O3S. The van der Waals surface area contributed by atoms with Crippen molar-refractivity contribution in [3.8, 4) is 11.8 Å². The number of nitriles is 1. The van der Waals surface area contributed by atoms with Gasteiger partial charge in [0.2, 0.25) is 5.91 Å². The molecule has 4 N–H and O–H groups in total. The second-order valence-corrected chi connectivity index (χ2v) is 7.18. The number of nitrogens with two attached hydrogens (primary N) is 1. The Balaban J connectivity index is 1.74. The number of urea groups is 1. The fraction of sp³-hybridized carbons (Fsp3) is 0.150. The third kappa shape index (κ3) is 4.10. The third-order valence-electron chi connectivity index (χ3n) is 4.24. The Kier molecular flexibility index (Phi) is 5.87. The van der Waals surface area contributed by atoms with Gasteiger partial charge in [-0.15, -0.1) is 0 Å². The number of anilines is 1. The lowest BCUT2D eigenvalue weighted by molar-refractivity contribution is -0.119. The first kappa shape index (κ1) is 19.3. The van der Waals surface area contributed by atoms with Crippen molar-refractivity contribution in [3.05, 3.63) is 70.8 Å². The van der Waals surface area contributed by atoms with Gasteiger partial charge in [0.15, 0.2) is 0 Å². The van der Waals surface area contributed by atoms with Crippen LogP contribution >= 0.6 is 11.8 Å². The van der Waals surface area contributed by atoms with Crippen LogP contribution in [0.15, 0.2) is 65.2 Å². The van der Waals surface area contributed by atoms with Crippen molar-refractivity contribution < 1.29 is 14.3 Å². The number of rotatable bonds is 4. The van der Waals surface area contributed by atoms with E-state index >= 15 is 0 Å². The summed E-state index contributed by atoms with van der Waals surface area (Å²) in [7, 11) is 1.52. The number of amides is 3. The number of allylic oxidation sites excluding steroid dienone is 1. The van der Waals surface area contributed by atoms with Crippen molar-refractivity contribution in [2.75, 3.05) is 12.4 Å². The molecule has 1 aliphatic heterocycles. The maximum Gasteiger partial charge on any atom is 0.325 e. The molecule has 0 saturated heterocycles. The monoisotopic (exact) mass is 394 g/mol. The number of hydrogen-bond acceptors (Lipinski definition) is 6. The van der Waals surface area contributed by atoms with Crippen LogP contribution in [0.1, 0.15) is 11.5 Å². The number of hydrogen-bond donors (Lipinski definition) is 3. The standard InChI is InChI=1S/C20H18N4O3S/c1-27-14-9-5-8-13(10-14)23-20(26)24-19(25)17-16(12-6-3-2-4-7-12)15(11-21)18(22)28-17/h2-10,16-17H,22H2,1H3,(H2,23,24,25,26). The fourth-order valence-corrected chi connectivity index (χ4v) is 4.12. The molecule has 1 aliphatic rings. The largest absolute Gasteiger partial charge is 0.497 e. The van der Waals surface area contributed by atoms with Gasteiger partial charge in [-0.2, -0.15) is 5.26 Å². The normalized spacial score (nSPS) is 18.3. The number of nitrogens with one attached hydrogen (secondary N) is 2. The highest BCUT2D eigenvalue weighted by atomic mass is 32.2. The van der Waals surface area contributed by atoms with E-state index in [1.165, 1.54) is 7.11 Å². The van der Waals surface area contributed by atoms with Crippen LogP contribution in [0.4, 0.5) is 10.5 Å². The van der Waals surface area contributed by atoms with Crippen LogP contribution in [0.2, 0.25) is 0 Å². The highest BCUT2D eigenvalue weighted by Crippen LogP contribution is 2.45. The van der Waals surface area contributed by atoms with E-state index in [0.29, 0.717) is 22.0 Å². The van der Waals surface area contributed by atoms with Crippen molar-refractivity contribution >= 4 is 29.4 Å². The van der Waals surface area contributed by atoms with Crippen LogP contribution in [0, 0.1) is 11.3 Å². The van der Waals surface area contributed by atoms with E-state index in [1.807, 2.05) is 30.3 Å². The van der Waals surface area contributed by atoms with Gasteiger partial charge >= 0.3 is 6.03 Å². The molecule has 0 aliphatic carbocycles. The Bertz CT molecular complexity index is 969. The average molecular weight is 394 g/mol. The summed E-state index contributed by atoms with van der Waals surface area (Å²) in [6, 6.07) is 17.4. The molecule has 142 valence electrons. The van der Waals surface area contributed by atoms with Crippen LogP contribution in [0.3, 0.4) is 0 Å². The minimum atomic E-state index is -0.715. The summed E-state index contributed by atoms with van der Waals surface area (Å²) >= 11 is 1.09. The van der Waals surface area contributed by atoms with E-state index in [2.05, 4.69) is 16.7 Å². The Morgan fingerprint density at radius 2 is 1.93 bits per heavy atom. The van der Waals surface area contributed by atoms with Crippen LogP contribution in [-0.4, -0.2) is 24.3 Å². The van der Waals surface area contributed by atoms with E-state index in [0.717, 1.165) is 17.3 Å². The lowest BCUT2D eigenvalue weighted by Crippen LogP contribution is -2.41. The maximum atomic E-state index is 12.8. The van der Waals surface area contributed by atoms with Gasteiger partial charge in [-0.1, -0.05) is 48.2 Å². The molecule has 28 heavy (non-hydrogen) atoms. The SMILES string of the molecule is COc1cccc(NC(=O)NC(=O)C2SC(N)=C(C#N)C2c2ccccc2)c1. The smallest absolute Gasteiger partial charge is 0.325 e. The number of thioether (sulfide) groups is 1. The molecule has 7 nitrogen and oxygen atoms in total. The van der Waals surface area contributed by atoms with Crippen LogP contribution in [0.5, 0.6) is 5.75 Å². The Labute approximate surface area is 166 Å². The van der Waals surface area contributed by atoms with Gasteiger partial charge in [-0.05, 0) is 17.7 Å². The van der Waals surface area contributed by atoms with Crippen molar-refractivity contribution in [1.82, 2.24) is 5.32 Å². The molecule has 0 spiro atoms. The van der Waals surface area contributed by atoms with E-state index in [-0.39, 0.29) is 0 Å². The topological polar surface area (TPSA) is 117 Å². The number of benzene rings is 2. The number of methoxy groups -OCH3 is 1. The highest BCUT2D eigenvalue weighted by molar-refractivity contribution is 8.04. The molecule has 0 saturated carbocycles. The molecule has 0 fully saturated rings. The molecule has 2 unspecified atom stereocenters. The number of carbonyl (C=O) groups is 2. The zero-order valence-corrected chi connectivity index (χ0v) is 15.8. The zero-order chi connectivity index (χ0) is 20.1. The number of ether oxygens (including phenoxy) is 1. The van der Waals surface area contributed by atoms with Crippen molar-refractivity contribution in [1.29, 1.82) is 5.26 Å². The number of carbonyl (C=O) groups excluding carboxylic acids is 2. The fourth-order valence-electron chi connectivity index (χ4n) is 2.95. The summed E-state index contributed by atoms with van der Waals surface area (Å²) in [4.78, 5) is 25.0. The summed E-state index contributed by atoms with van der Waals surface area (Å²) in [5, 5.41) is 14.0. The van der Waals surface area contributed by atoms with Gasteiger partial charge in [0.25, 0.3) is 0 Å². The maximum absolute atomic E-state index is 12.8. The van der Waals surface area contributed by atoms with Gasteiger partial charge in [0.05, 0.1) is 23.8 Å². The first-order valence-electron chi connectivity index (χ1n) is 8.40. The molecule has 3 amide bonds. The van der Waals surface area contributed by atoms with E-state index < -0.39 is 23.1 Å². The lowest BCUT2D eigenvalue weighted by atomic mass is 9.89. The molecule has 0 radical (unpaired) electrons. The Morgan fingerprint density at radius 3 is 2.61 bits per heavy atom. The Hall–Kier alpha value is -3.44. The average Bonchev–Trinajstić information content (AvgIpc) is 3.05. The summed E-state index contributed by atoms with van der Waals surface area (Å²) in [6.45, 7) is 0. The Morgan fingerprint density at radius 1 is 1.18 bits per heavy atom. The predicted octanol–water partition coefficient (Wildman–Crippen LogP) is 2.94. The molecule has 3 rings (SSSR count). The first-order chi connectivity index (χ1) is 13.5.